The summed E-state index contributed by atoms with van der Waals surface area (Å²) >= 11 is 0. The van der Waals surface area contributed by atoms with E-state index in [1.54, 1.807) is 7.11 Å². The van der Waals surface area contributed by atoms with Crippen molar-refractivity contribution in [3.05, 3.63) is 89.5 Å². The molecule has 1 atom stereocenters. The molecule has 1 amide bonds. The molecule has 2 N–H and O–H groups in total. The third kappa shape index (κ3) is 6.12. The van der Waals surface area contributed by atoms with E-state index in [2.05, 4.69) is 10.0 Å². The van der Waals surface area contributed by atoms with E-state index >= 15 is 0 Å². The number of methoxy groups -OCH3 is 2. The first-order chi connectivity index (χ1) is 15.9. The van der Waals surface area contributed by atoms with Crippen LogP contribution in [-0.4, -0.2) is 35.1 Å². The van der Waals surface area contributed by atoms with Gasteiger partial charge in [0.1, 0.15) is 16.4 Å². The van der Waals surface area contributed by atoms with Crippen molar-refractivity contribution in [3.63, 3.8) is 0 Å². The summed E-state index contributed by atoms with van der Waals surface area (Å²) < 4.78 is 39.1. The average molecular weight is 469 g/mol. The largest absolute Gasteiger partial charge is 0.496 e. The number of rotatable bonds is 10. The highest BCUT2D eigenvalue weighted by Crippen LogP contribution is 2.27. The Kier molecular flexibility index (Phi) is 8.08. The highest BCUT2D eigenvalue weighted by Gasteiger charge is 2.22. The molecule has 0 fully saturated rings. The second-order valence-corrected chi connectivity index (χ2v) is 9.17. The number of hydrogen-bond donors (Lipinski definition) is 2. The van der Waals surface area contributed by atoms with Crippen LogP contribution in [0.3, 0.4) is 0 Å². The Bertz CT molecular complexity index is 1200. The van der Waals surface area contributed by atoms with Crippen molar-refractivity contribution in [3.8, 4) is 11.5 Å². The topological polar surface area (TPSA) is 93.7 Å². The second-order valence-electron chi connectivity index (χ2n) is 7.44. The predicted octanol–water partition coefficient (Wildman–Crippen LogP) is 3.72. The van der Waals surface area contributed by atoms with Gasteiger partial charge in [0, 0.05) is 17.7 Å². The van der Waals surface area contributed by atoms with Crippen molar-refractivity contribution in [1.82, 2.24) is 10.0 Å². The number of hydrogen-bond acceptors (Lipinski definition) is 5. The van der Waals surface area contributed by atoms with Crippen molar-refractivity contribution in [2.75, 3.05) is 20.8 Å². The quantitative estimate of drug-likeness (QED) is 0.473. The molecule has 0 aromatic heterocycles. The van der Waals surface area contributed by atoms with Gasteiger partial charge in [-0.2, -0.15) is 0 Å². The molecule has 0 aliphatic rings. The van der Waals surface area contributed by atoms with Gasteiger partial charge in [0.15, 0.2) is 0 Å². The van der Waals surface area contributed by atoms with Crippen molar-refractivity contribution >= 4 is 15.9 Å². The number of carbonyl (C=O) groups excluding carboxylic acids is 1. The number of nitrogens with one attached hydrogen (secondary N) is 2. The molecule has 7 nitrogen and oxygen atoms in total. The zero-order valence-corrected chi connectivity index (χ0v) is 19.7. The van der Waals surface area contributed by atoms with Gasteiger partial charge in [0.2, 0.25) is 10.0 Å². The number of para-hydroxylation sites is 1. The number of sulfonamides is 1. The standard InChI is InChI=1S/C25H28N2O5S/c1-18(21-11-7-8-12-22(21)31-2)27-25(28)20-13-14-23(32-3)24(17-20)33(29,30)26-16-15-19-9-5-4-6-10-19/h4-14,17-18,26H,15-16H2,1-3H3,(H,27,28)/t18-/m0/s1. The lowest BCUT2D eigenvalue weighted by atomic mass is 10.1. The highest BCUT2D eigenvalue weighted by molar-refractivity contribution is 7.89. The molecule has 8 heteroatoms. The zero-order chi connectivity index (χ0) is 23.8. The SMILES string of the molecule is COc1ccccc1[C@H](C)NC(=O)c1ccc(OC)c(S(=O)(=O)NCCc2ccccc2)c1. The minimum absolute atomic E-state index is 0.0874. The monoisotopic (exact) mass is 468 g/mol. The summed E-state index contributed by atoms with van der Waals surface area (Å²) in [7, 11) is -0.937. The molecule has 0 aliphatic heterocycles. The van der Waals surface area contributed by atoms with Crippen LogP contribution in [0.15, 0.2) is 77.7 Å². The molecule has 33 heavy (non-hydrogen) atoms. The number of amides is 1. The Morgan fingerprint density at radius 2 is 1.58 bits per heavy atom. The summed E-state index contributed by atoms with van der Waals surface area (Å²) in [5.41, 5.74) is 2.05. The van der Waals surface area contributed by atoms with Gasteiger partial charge in [0.25, 0.3) is 5.91 Å². The van der Waals surface area contributed by atoms with Gasteiger partial charge >= 0.3 is 0 Å². The van der Waals surface area contributed by atoms with Crippen LogP contribution in [0.25, 0.3) is 0 Å². The predicted molar refractivity (Wildman–Crippen MR) is 127 cm³/mol. The summed E-state index contributed by atoms with van der Waals surface area (Å²) in [4.78, 5) is 12.8. The molecule has 0 radical (unpaired) electrons. The van der Waals surface area contributed by atoms with Gasteiger partial charge in [-0.15, -0.1) is 0 Å². The molecule has 3 aromatic carbocycles. The summed E-state index contributed by atoms with van der Waals surface area (Å²) in [6.07, 6.45) is 0.541. The Balaban J connectivity index is 1.77. The van der Waals surface area contributed by atoms with Gasteiger partial charge in [-0.1, -0.05) is 48.5 Å². The maximum atomic E-state index is 13.0. The number of carbonyl (C=O) groups is 1. The van der Waals surface area contributed by atoms with E-state index < -0.39 is 15.9 Å². The molecule has 0 saturated carbocycles. The first-order valence-electron chi connectivity index (χ1n) is 10.5. The third-order valence-electron chi connectivity index (χ3n) is 5.22. The molecule has 3 rings (SSSR count). The summed E-state index contributed by atoms with van der Waals surface area (Å²) in [6, 6.07) is 21.0. The average Bonchev–Trinajstić information content (AvgIpc) is 2.84. The summed E-state index contributed by atoms with van der Waals surface area (Å²) in [6.45, 7) is 2.05. The normalized spacial score (nSPS) is 12.1. The Morgan fingerprint density at radius 3 is 2.27 bits per heavy atom. The molecule has 0 aliphatic carbocycles. The van der Waals surface area contributed by atoms with Gasteiger partial charge < -0.3 is 14.8 Å². The van der Waals surface area contributed by atoms with Crippen LogP contribution in [0.2, 0.25) is 0 Å². The Labute approximate surface area is 194 Å². The van der Waals surface area contributed by atoms with Crippen molar-refractivity contribution in [1.29, 1.82) is 0 Å². The van der Waals surface area contributed by atoms with E-state index in [1.165, 1.54) is 25.3 Å². The van der Waals surface area contributed by atoms with E-state index in [-0.39, 0.29) is 28.8 Å². The highest BCUT2D eigenvalue weighted by atomic mass is 32.2. The lowest BCUT2D eigenvalue weighted by Crippen LogP contribution is -2.29. The van der Waals surface area contributed by atoms with E-state index in [0.29, 0.717) is 12.2 Å². The van der Waals surface area contributed by atoms with Crippen LogP contribution in [-0.2, 0) is 16.4 Å². The van der Waals surface area contributed by atoms with Crippen LogP contribution in [0.1, 0.15) is 34.5 Å². The second kappa shape index (κ2) is 11.0. The first-order valence-corrected chi connectivity index (χ1v) is 12.0. The molecule has 0 unspecified atom stereocenters. The number of benzene rings is 3. The van der Waals surface area contributed by atoms with Crippen molar-refractivity contribution in [2.45, 2.75) is 24.3 Å². The number of ether oxygens (including phenoxy) is 2. The zero-order valence-electron chi connectivity index (χ0n) is 18.9. The molecule has 0 saturated heterocycles. The van der Waals surface area contributed by atoms with Crippen LogP contribution in [0.4, 0.5) is 0 Å². The van der Waals surface area contributed by atoms with Crippen molar-refractivity contribution < 1.29 is 22.7 Å². The van der Waals surface area contributed by atoms with Gasteiger partial charge in [0.05, 0.1) is 20.3 Å². The van der Waals surface area contributed by atoms with Crippen LogP contribution in [0.5, 0.6) is 11.5 Å². The fraction of sp³-hybridized carbons (Fsp3) is 0.240. The third-order valence-corrected chi connectivity index (χ3v) is 6.70. The van der Waals surface area contributed by atoms with Gasteiger partial charge in [-0.25, -0.2) is 13.1 Å². The molecule has 174 valence electrons. The van der Waals surface area contributed by atoms with E-state index in [1.807, 2.05) is 61.5 Å². The maximum absolute atomic E-state index is 13.0. The fourth-order valence-electron chi connectivity index (χ4n) is 3.46. The van der Waals surface area contributed by atoms with Crippen LogP contribution >= 0.6 is 0 Å². The Morgan fingerprint density at radius 1 is 0.909 bits per heavy atom. The minimum Gasteiger partial charge on any atom is -0.496 e. The minimum atomic E-state index is -3.90. The lowest BCUT2D eigenvalue weighted by molar-refractivity contribution is 0.0939. The lowest BCUT2D eigenvalue weighted by Gasteiger charge is -2.18. The van der Waals surface area contributed by atoms with E-state index in [9.17, 15) is 13.2 Å². The Hall–Kier alpha value is -3.36. The van der Waals surface area contributed by atoms with E-state index in [0.717, 1.165) is 11.1 Å². The van der Waals surface area contributed by atoms with Gasteiger partial charge in [-0.3, -0.25) is 4.79 Å². The molecule has 0 bridgehead atoms. The molecule has 0 heterocycles. The smallest absolute Gasteiger partial charge is 0.251 e. The van der Waals surface area contributed by atoms with Crippen LogP contribution < -0.4 is 19.5 Å². The molecular formula is C25H28N2O5S. The van der Waals surface area contributed by atoms with E-state index in [4.69, 9.17) is 9.47 Å². The van der Waals surface area contributed by atoms with Crippen LogP contribution in [0, 0.1) is 0 Å². The first kappa shape index (κ1) is 24.3. The summed E-state index contributed by atoms with van der Waals surface area (Å²) in [5, 5.41) is 2.89. The van der Waals surface area contributed by atoms with Crippen molar-refractivity contribution in [2.24, 2.45) is 0 Å². The van der Waals surface area contributed by atoms with Gasteiger partial charge in [-0.05, 0) is 43.2 Å². The maximum Gasteiger partial charge on any atom is 0.251 e. The molecular weight excluding hydrogens is 440 g/mol. The molecule has 0 spiro atoms. The summed E-state index contributed by atoms with van der Waals surface area (Å²) in [5.74, 6) is 0.416. The molecule has 3 aromatic rings. The fourth-order valence-corrected chi connectivity index (χ4v) is 4.69.